The number of nitrogens with one attached hydrogen (secondary N) is 1. The van der Waals surface area contributed by atoms with Crippen LogP contribution < -0.4 is 5.32 Å². The Kier molecular flexibility index (Phi) is 4.04. The van der Waals surface area contributed by atoms with Gasteiger partial charge in [-0.25, -0.2) is 4.39 Å². The molecule has 2 nitrogen and oxygen atoms in total. The van der Waals surface area contributed by atoms with E-state index in [9.17, 15) is 4.39 Å². The van der Waals surface area contributed by atoms with Gasteiger partial charge in [0.25, 0.3) is 0 Å². The maximum absolute atomic E-state index is 13.8. The minimum atomic E-state index is -0.330. The van der Waals surface area contributed by atoms with Crippen molar-refractivity contribution in [3.05, 3.63) is 58.3 Å². The molecule has 18 heavy (non-hydrogen) atoms. The Hall–Kier alpha value is -1.32. The number of hydrogen-bond acceptors (Lipinski definition) is 2. The first-order valence-electron chi connectivity index (χ1n) is 5.86. The van der Waals surface area contributed by atoms with E-state index in [1.54, 1.807) is 13.1 Å². The molecule has 0 fully saturated rings. The van der Waals surface area contributed by atoms with Crippen molar-refractivity contribution in [1.82, 2.24) is 5.32 Å². The zero-order chi connectivity index (χ0) is 13.1. The summed E-state index contributed by atoms with van der Waals surface area (Å²) in [5.41, 5.74) is 0.488. The largest absolute Gasteiger partial charge is 0.464 e. The number of aryl methyl sites for hydroxylation is 1. The van der Waals surface area contributed by atoms with Gasteiger partial charge in [0, 0.05) is 17.0 Å². The van der Waals surface area contributed by atoms with Crippen LogP contribution in [0.1, 0.15) is 30.0 Å². The van der Waals surface area contributed by atoms with Gasteiger partial charge < -0.3 is 9.73 Å². The van der Waals surface area contributed by atoms with Crippen LogP contribution >= 0.6 is 11.6 Å². The summed E-state index contributed by atoms with van der Waals surface area (Å²) in [4.78, 5) is 0. The Morgan fingerprint density at radius 1 is 1.33 bits per heavy atom. The molecule has 0 aliphatic rings. The molecule has 0 amide bonds. The molecular formula is C14H15ClFNO. The Balaban J connectivity index is 2.41. The monoisotopic (exact) mass is 267 g/mol. The van der Waals surface area contributed by atoms with E-state index < -0.39 is 0 Å². The van der Waals surface area contributed by atoms with Crippen LogP contribution in [0.25, 0.3) is 0 Å². The lowest BCUT2D eigenvalue weighted by atomic mass is 10.0. The standard InChI is InChI=1S/C14H15ClFNO/c1-3-10-5-7-13(18-10)14(17-2)11-8-9(15)4-6-12(11)16/h4-8,14,17H,3H2,1-2H3. The molecule has 0 saturated carbocycles. The average Bonchev–Trinajstić information content (AvgIpc) is 2.83. The van der Waals surface area contributed by atoms with Crippen molar-refractivity contribution in [2.75, 3.05) is 7.05 Å². The van der Waals surface area contributed by atoms with Gasteiger partial charge >= 0.3 is 0 Å². The zero-order valence-electron chi connectivity index (χ0n) is 10.3. The number of furan rings is 1. The summed E-state index contributed by atoms with van der Waals surface area (Å²) in [5.74, 6) is 1.27. The lowest BCUT2D eigenvalue weighted by Gasteiger charge is -2.15. The number of rotatable bonds is 4. The predicted octanol–water partition coefficient (Wildman–Crippen LogP) is 3.94. The second kappa shape index (κ2) is 5.55. The molecule has 0 aliphatic heterocycles. The van der Waals surface area contributed by atoms with Gasteiger partial charge in [-0.3, -0.25) is 0 Å². The smallest absolute Gasteiger partial charge is 0.128 e. The van der Waals surface area contributed by atoms with Crippen molar-refractivity contribution >= 4 is 11.6 Å². The molecule has 2 aromatic rings. The van der Waals surface area contributed by atoms with Crippen molar-refractivity contribution < 1.29 is 8.81 Å². The van der Waals surface area contributed by atoms with Crippen LogP contribution in [-0.4, -0.2) is 7.05 Å². The number of benzene rings is 1. The zero-order valence-corrected chi connectivity index (χ0v) is 11.1. The Labute approximate surface area is 111 Å². The Morgan fingerprint density at radius 2 is 2.11 bits per heavy atom. The number of hydrogen-bond donors (Lipinski definition) is 1. The molecule has 96 valence electrons. The molecule has 0 aliphatic carbocycles. The van der Waals surface area contributed by atoms with E-state index in [-0.39, 0.29) is 11.9 Å². The highest BCUT2D eigenvalue weighted by Gasteiger charge is 2.19. The summed E-state index contributed by atoms with van der Waals surface area (Å²) in [6.45, 7) is 2.01. The lowest BCUT2D eigenvalue weighted by molar-refractivity contribution is 0.427. The summed E-state index contributed by atoms with van der Waals surface area (Å²) in [7, 11) is 1.76. The van der Waals surface area contributed by atoms with Gasteiger partial charge in [0.05, 0.1) is 6.04 Å². The van der Waals surface area contributed by atoms with E-state index in [2.05, 4.69) is 5.32 Å². The normalized spacial score (nSPS) is 12.7. The predicted molar refractivity (Wildman–Crippen MR) is 70.4 cm³/mol. The third kappa shape index (κ3) is 2.57. The maximum Gasteiger partial charge on any atom is 0.128 e. The molecule has 1 unspecified atom stereocenters. The molecule has 1 heterocycles. The molecule has 4 heteroatoms. The van der Waals surface area contributed by atoms with Crippen LogP contribution in [0.3, 0.4) is 0 Å². The summed E-state index contributed by atoms with van der Waals surface area (Å²) in [5, 5.41) is 3.56. The van der Waals surface area contributed by atoms with E-state index in [4.69, 9.17) is 16.0 Å². The molecule has 1 atom stereocenters. The van der Waals surface area contributed by atoms with Gasteiger partial charge in [-0.1, -0.05) is 18.5 Å². The molecule has 0 bridgehead atoms. The second-order valence-corrected chi connectivity index (χ2v) is 4.48. The van der Waals surface area contributed by atoms with E-state index >= 15 is 0 Å². The van der Waals surface area contributed by atoms with Crippen LogP contribution in [-0.2, 0) is 6.42 Å². The first-order chi connectivity index (χ1) is 8.65. The quantitative estimate of drug-likeness (QED) is 0.908. The van der Waals surface area contributed by atoms with E-state index in [0.717, 1.165) is 12.2 Å². The number of halogens is 2. The Morgan fingerprint density at radius 3 is 2.72 bits per heavy atom. The summed E-state index contributed by atoms with van der Waals surface area (Å²) >= 11 is 5.91. The van der Waals surface area contributed by atoms with E-state index in [1.165, 1.54) is 12.1 Å². The van der Waals surface area contributed by atoms with Crippen LogP contribution in [0.15, 0.2) is 34.7 Å². The molecule has 1 N–H and O–H groups in total. The van der Waals surface area contributed by atoms with Gasteiger partial charge in [0.2, 0.25) is 0 Å². The SMILES string of the molecule is CCc1ccc(C(NC)c2cc(Cl)ccc2F)o1. The third-order valence-corrected chi connectivity index (χ3v) is 3.11. The highest BCUT2D eigenvalue weighted by atomic mass is 35.5. The van der Waals surface area contributed by atoms with Crippen molar-refractivity contribution in [3.63, 3.8) is 0 Å². The highest BCUT2D eigenvalue weighted by molar-refractivity contribution is 6.30. The van der Waals surface area contributed by atoms with Crippen LogP contribution in [0.4, 0.5) is 4.39 Å². The first kappa shape index (κ1) is 13.1. The summed E-state index contributed by atoms with van der Waals surface area (Å²) < 4.78 is 19.5. The van der Waals surface area contributed by atoms with Crippen LogP contribution in [0.5, 0.6) is 0 Å². The van der Waals surface area contributed by atoms with Crippen LogP contribution in [0.2, 0.25) is 5.02 Å². The van der Waals surface area contributed by atoms with E-state index in [1.807, 2.05) is 19.1 Å². The van der Waals surface area contributed by atoms with Crippen molar-refractivity contribution in [3.8, 4) is 0 Å². The highest BCUT2D eigenvalue weighted by Crippen LogP contribution is 2.28. The fourth-order valence-electron chi connectivity index (χ4n) is 1.93. The molecule has 0 radical (unpaired) electrons. The van der Waals surface area contributed by atoms with Gasteiger partial charge in [-0.05, 0) is 37.4 Å². The fourth-order valence-corrected chi connectivity index (χ4v) is 2.11. The third-order valence-electron chi connectivity index (χ3n) is 2.87. The van der Waals surface area contributed by atoms with Crippen molar-refractivity contribution in [2.24, 2.45) is 0 Å². The molecule has 2 rings (SSSR count). The first-order valence-corrected chi connectivity index (χ1v) is 6.24. The van der Waals surface area contributed by atoms with E-state index in [0.29, 0.717) is 16.3 Å². The van der Waals surface area contributed by atoms with Gasteiger partial charge in [-0.15, -0.1) is 0 Å². The van der Waals surface area contributed by atoms with Crippen LogP contribution in [0, 0.1) is 5.82 Å². The molecule has 1 aromatic carbocycles. The minimum absolute atomic E-state index is 0.298. The minimum Gasteiger partial charge on any atom is -0.464 e. The van der Waals surface area contributed by atoms with Gasteiger partial charge in [-0.2, -0.15) is 0 Å². The molecular weight excluding hydrogens is 253 g/mol. The van der Waals surface area contributed by atoms with Gasteiger partial charge in [0.1, 0.15) is 17.3 Å². The van der Waals surface area contributed by atoms with Crippen molar-refractivity contribution in [2.45, 2.75) is 19.4 Å². The maximum atomic E-state index is 13.8. The topological polar surface area (TPSA) is 25.2 Å². The van der Waals surface area contributed by atoms with Gasteiger partial charge in [0.15, 0.2) is 0 Å². The summed E-state index contributed by atoms with van der Waals surface area (Å²) in [6, 6.07) is 7.96. The average molecular weight is 268 g/mol. The molecule has 1 aromatic heterocycles. The fraction of sp³-hybridized carbons (Fsp3) is 0.286. The second-order valence-electron chi connectivity index (χ2n) is 4.05. The molecule has 0 spiro atoms. The summed E-state index contributed by atoms with van der Waals surface area (Å²) in [6.07, 6.45) is 0.814. The lowest BCUT2D eigenvalue weighted by Crippen LogP contribution is -2.18. The van der Waals surface area contributed by atoms with Crippen molar-refractivity contribution in [1.29, 1.82) is 0 Å². The Bertz CT molecular complexity index is 538. The molecule has 0 saturated heterocycles.